The summed E-state index contributed by atoms with van der Waals surface area (Å²) in [6.45, 7) is 2.98. The van der Waals surface area contributed by atoms with Crippen LogP contribution in [0.3, 0.4) is 0 Å². The van der Waals surface area contributed by atoms with Gasteiger partial charge in [0.05, 0.1) is 0 Å². The molecule has 25 heavy (non-hydrogen) atoms. The molecule has 3 amide bonds. The summed E-state index contributed by atoms with van der Waals surface area (Å²) >= 11 is 4.71. The van der Waals surface area contributed by atoms with E-state index >= 15 is 0 Å². The SMILES string of the molecule is CCNC(=O)N1CCCC1C(=O)Nc1nnc(-c2ccc(Br)cc2)s1. The van der Waals surface area contributed by atoms with Crippen LogP contribution in [-0.4, -0.2) is 46.2 Å². The zero-order chi connectivity index (χ0) is 17.8. The molecular weight excluding hydrogens is 406 g/mol. The standard InChI is InChI=1S/C16H18BrN5O2S/c1-2-18-16(24)22-9-3-4-12(22)13(23)19-15-21-20-14(25-15)10-5-7-11(17)8-6-10/h5-8,12H,2-4,9H2,1H3,(H,18,24)(H,19,21,23). The summed E-state index contributed by atoms with van der Waals surface area (Å²) in [5, 5.41) is 14.9. The molecule has 1 aliphatic rings. The van der Waals surface area contributed by atoms with E-state index in [-0.39, 0.29) is 11.9 Å². The normalized spacial score (nSPS) is 16.7. The van der Waals surface area contributed by atoms with Crippen molar-refractivity contribution in [2.75, 3.05) is 18.4 Å². The maximum atomic E-state index is 12.5. The van der Waals surface area contributed by atoms with Gasteiger partial charge in [-0.2, -0.15) is 0 Å². The van der Waals surface area contributed by atoms with Crippen molar-refractivity contribution in [2.45, 2.75) is 25.8 Å². The van der Waals surface area contributed by atoms with Crippen molar-refractivity contribution in [1.82, 2.24) is 20.4 Å². The Labute approximate surface area is 158 Å². The van der Waals surface area contributed by atoms with Gasteiger partial charge in [-0.1, -0.05) is 39.4 Å². The van der Waals surface area contributed by atoms with Crippen LogP contribution >= 0.6 is 27.3 Å². The van der Waals surface area contributed by atoms with E-state index in [1.54, 1.807) is 4.90 Å². The fourth-order valence-corrected chi connectivity index (χ4v) is 3.72. The molecule has 0 bridgehead atoms. The molecule has 0 spiro atoms. The molecule has 0 saturated carbocycles. The van der Waals surface area contributed by atoms with Crippen LogP contribution in [0.4, 0.5) is 9.93 Å². The first-order valence-corrected chi connectivity index (χ1v) is 9.64. The zero-order valence-electron chi connectivity index (χ0n) is 13.7. The summed E-state index contributed by atoms with van der Waals surface area (Å²) in [5.41, 5.74) is 0.936. The highest BCUT2D eigenvalue weighted by molar-refractivity contribution is 9.10. The number of hydrogen-bond donors (Lipinski definition) is 2. The van der Waals surface area contributed by atoms with E-state index in [9.17, 15) is 9.59 Å². The van der Waals surface area contributed by atoms with Gasteiger partial charge < -0.3 is 10.2 Å². The van der Waals surface area contributed by atoms with Crippen molar-refractivity contribution in [2.24, 2.45) is 0 Å². The minimum Gasteiger partial charge on any atom is -0.338 e. The van der Waals surface area contributed by atoms with E-state index in [0.717, 1.165) is 21.5 Å². The number of rotatable bonds is 4. The van der Waals surface area contributed by atoms with Gasteiger partial charge in [-0.3, -0.25) is 10.1 Å². The number of nitrogens with one attached hydrogen (secondary N) is 2. The number of halogens is 1. The van der Waals surface area contributed by atoms with Gasteiger partial charge in [0, 0.05) is 23.1 Å². The van der Waals surface area contributed by atoms with E-state index in [1.165, 1.54) is 11.3 Å². The van der Waals surface area contributed by atoms with Crippen molar-refractivity contribution in [3.8, 4) is 10.6 Å². The Kier molecular flexibility index (Phi) is 5.64. The van der Waals surface area contributed by atoms with Crippen molar-refractivity contribution in [3.05, 3.63) is 28.7 Å². The molecule has 9 heteroatoms. The van der Waals surface area contributed by atoms with E-state index in [4.69, 9.17) is 0 Å². The smallest absolute Gasteiger partial charge is 0.318 e. The largest absolute Gasteiger partial charge is 0.338 e. The molecule has 2 heterocycles. The van der Waals surface area contributed by atoms with Crippen LogP contribution in [0.2, 0.25) is 0 Å². The lowest BCUT2D eigenvalue weighted by Crippen LogP contribution is -2.47. The summed E-state index contributed by atoms with van der Waals surface area (Å²) in [6.07, 6.45) is 1.47. The quantitative estimate of drug-likeness (QED) is 0.790. The molecular formula is C16H18BrN5O2S. The van der Waals surface area contributed by atoms with Crippen LogP contribution in [0, 0.1) is 0 Å². The van der Waals surface area contributed by atoms with E-state index < -0.39 is 6.04 Å². The second-order valence-electron chi connectivity index (χ2n) is 5.60. The Balaban J connectivity index is 1.67. The summed E-state index contributed by atoms with van der Waals surface area (Å²) < 4.78 is 0.987. The summed E-state index contributed by atoms with van der Waals surface area (Å²) in [4.78, 5) is 26.1. The topological polar surface area (TPSA) is 87.2 Å². The Hall–Kier alpha value is -2.00. The maximum Gasteiger partial charge on any atom is 0.318 e. The first-order chi connectivity index (χ1) is 12.1. The average Bonchev–Trinajstić information content (AvgIpc) is 3.25. The lowest BCUT2D eigenvalue weighted by molar-refractivity contribution is -0.119. The van der Waals surface area contributed by atoms with Crippen molar-refractivity contribution >= 4 is 44.3 Å². The molecule has 1 saturated heterocycles. The number of amides is 3. The Morgan fingerprint density at radius 2 is 2.08 bits per heavy atom. The van der Waals surface area contributed by atoms with E-state index in [1.807, 2.05) is 31.2 Å². The predicted octanol–water partition coefficient (Wildman–Crippen LogP) is 3.10. The third-order valence-electron chi connectivity index (χ3n) is 3.89. The minimum absolute atomic E-state index is 0.201. The first-order valence-electron chi connectivity index (χ1n) is 8.03. The highest BCUT2D eigenvalue weighted by atomic mass is 79.9. The van der Waals surface area contributed by atoms with Gasteiger partial charge in [-0.15, -0.1) is 10.2 Å². The summed E-state index contributed by atoms with van der Waals surface area (Å²) in [7, 11) is 0. The molecule has 7 nitrogen and oxygen atoms in total. The summed E-state index contributed by atoms with van der Waals surface area (Å²) in [5.74, 6) is -0.220. The second kappa shape index (κ2) is 7.92. The average molecular weight is 424 g/mol. The van der Waals surface area contributed by atoms with E-state index in [0.29, 0.717) is 24.6 Å². The van der Waals surface area contributed by atoms with Gasteiger partial charge in [0.25, 0.3) is 0 Å². The van der Waals surface area contributed by atoms with Crippen molar-refractivity contribution in [3.63, 3.8) is 0 Å². The van der Waals surface area contributed by atoms with Gasteiger partial charge in [0.15, 0.2) is 0 Å². The zero-order valence-corrected chi connectivity index (χ0v) is 16.1. The molecule has 0 radical (unpaired) electrons. The monoisotopic (exact) mass is 423 g/mol. The number of benzene rings is 1. The molecule has 2 N–H and O–H groups in total. The highest BCUT2D eigenvalue weighted by Gasteiger charge is 2.34. The van der Waals surface area contributed by atoms with Crippen LogP contribution in [0.1, 0.15) is 19.8 Å². The van der Waals surface area contributed by atoms with Gasteiger partial charge in [-0.05, 0) is 31.9 Å². The number of hydrogen-bond acceptors (Lipinski definition) is 5. The molecule has 0 aliphatic carbocycles. The second-order valence-corrected chi connectivity index (χ2v) is 7.49. The number of aromatic nitrogens is 2. The van der Waals surface area contributed by atoms with Gasteiger partial charge in [0.2, 0.25) is 11.0 Å². The Bertz CT molecular complexity index is 764. The van der Waals surface area contributed by atoms with Gasteiger partial charge in [0.1, 0.15) is 11.0 Å². The first kappa shape index (κ1) is 17.8. The number of carbonyl (C=O) groups is 2. The molecule has 1 fully saturated rings. The number of nitrogens with zero attached hydrogens (tertiary/aromatic N) is 3. The number of urea groups is 1. The Morgan fingerprint density at radius 3 is 2.80 bits per heavy atom. The molecule has 1 atom stereocenters. The fraction of sp³-hybridized carbons (Fsp3) is 0.375. The highest BCUT2D eigenvalue weighted by Crippen LogP contribution is 2.28. The maximum absolute atomic E-state index is 12.5. The molecule has 1 aromatic heterocycles. The van der Waals surface area contributed by atoms with E-state index in [2.05, 4.69) is 36.8 Å². The van der Waals surface area contributed by atoms with Crippen LogP contribution in [-0.2, 0) is 4.79 Å². The third-order valence-corrected chi connectivity index (χ3v) is 5.31. The minimum atomic E-state index is -0.466. The van der Waals surface area contributed by atoms with Gasteiger partial charge in [-0.25, -0.2) is 4.79 Å². The van der Waals surface area contributed by atoms with Crippen LogP contribution in [0.5, 0.6) is 0 Å². The van der Waals surface area contributed by atoms with Gasteiger partial charge >= 0.3 is 6.03 Å². The predicted molar refractivity (Wildman–Crippen MR) is 100 cm³/mol. The molecule has 1 aromatic carbocycles. The molecule has 2 aromatic rings. The number of anilines is 1. The summed E-state index contributed by atoms with van der Waals surface area (Å²) in [6, 6.07) is 7.06. The number of likely N-dealkylation sites (tertiary alicyclic amines) is 1. The lowest BCUT2D eigenvalue weighted by atomic mass is 10.2. The fourth-order valence-electron chi connectivity index (χ4n) is 2.71. The van der Waals surface area contributed by atoms with Crippen LogP contribution < -0.4 is 10.6 Å². The number of carbonyl (C=O) groups excluding carboxylic acids is 2. The van der Waals surface area contributed by atoms with Crippen molar-refractivity contribution in [1.29, 1.82) is 0 Å². The molecule has 1 aliphatic heterocycles. The van der Waals surface area contributed by atoms with Crippen LogP contribution in [0.15, 0.2) is 28.7 Å². The lowest BCUT2D eigenvalue weighted by Gasteiger charge is -2.23. The molecule has 3 rings (SSSR count). The molecule has 1 unspecified atom stereocenters. The third kappa shape index (κ3) is 4.16. The van der Waals surface area contributed by atoms with Crippen LogP contribution in [0.25, 0.3) is 10.6 Å². The Morgan fingerprint density at radius 1 is 1.32 bits per heavy atom. The van der Waals surface area contributed by atoms with Crippen molar-refractivity contribution < 1.29 is 9.59 Å². The molecule has 132 valence electrons.